The number of nitrogens with zero attached hydrogens (tertiary/aromatic N) is 4. The zero-order valence-electron chi connectivity index (χ0n) is 26.7. The van der Waals surface area contributed by atoms with Gasteiger partial charge in [0, 0.05) is 76.2 Å². The first-order valence-electron chi connectivity index (χ1n) is 16.1. The predicted octanol–water partition coefficient (Wildman–Crippen LogP) is 4.30. The molecule has 0 aromatic carbocycles. The number of rotatable bonds is 16. The molecule has 1 aliphatic carbocycles. The Morgan fingerprint density at radius 1 is 1.12 bits per heavy atom. The molecule has 9 nitrogen and oxygen atoms in total. The monoisotopic (exact) mass is 585 g/mol. The van der Waals surface area contributed by atoms with Gasteiger partial charge in [0.05, 0.1) is 17.3 Å². The van der Waals surface area contributed by atoms with Gasteiger partial charge in [0.15, 0.2) is 5.78 Å². The second-order valence-corrected chi connectivity index (χ2v) is 11.9. The van der Waals surface area contributed by atoms with Crippen molar-refractivity contribution in [1.82, 2.24) is 14.7 Å². The number of likely N-dealkylation sites (tertiary alicyclic amines) is 1. The number of carbonyl (C=O) groups excluding carboxylic acids is 2. The molecule has 3 fully saturated rings. The molecule has 0 aromatic heterocycles. The van der Waals surface area contributed by atoms with Crippen LogP contribution in [0.3, 0.4) is 0 Å². The first-order valence-corrected chi connectivity index (χ1v) is 16.1. The smallest absolute Gasteiger partial charge is 0.215 e. The lowest BCUT2D eigenvalue weighted by Gasteiger charge is -2.34. The van der Waals surface area contributed by atoms with Gasteiger partial charge in [0.1, 0.15) is 12.4 Å². The second-order valence-electron chi connectivity index (χ2n) is 11.9. The van der Waals surface area contributed by atoms with E-state index in [1.54, 1.807) is 7.11 Å². The van der Waals surface area contributed by atoms with Crippen molar-refractivity contribution in [1.29, 1.82) is 0 Å². The van der Waals surface area contributed by atoms with Crippen LogP contribution in [0.2, 0.25) is 0 Å². The van der Waals surface area contributed by atoms with E-state index in [-0.39, 0.29) is 11.6 Å². The van der Waals surface area contributed by atoms with E-state index in [4.69, 9.17) is 20.2 Å². The Hall–Kier alpha value is -2.49. The van der Waals surface area contributed by atoms with Crippen molar-refractivity contribution in [2.24, 2.45) is 16.6 Å². The van der Waals surface area contributed by atoms with Gasteiger partial charge < -0.3 is 25.0 Å². The van der Waals surface area contributed by atoms with E-state index >= 15 is 0 Å². The number of ether oxygens (including phenoxy) is 2. The number of nitrogens with two attached hydrogens (primary N) is 1. The molecule has 42 heavy (non-hydrogen) atoms. The minimum absolute atomic E-state index is 0.0432. The average Bonchev–Trinajstić information content (AvgIpc) is 3.44. The largest absolute Gasteiger partial charge is 0.476 e. The summed E-state index contributed by atoms with van der Waals surface area (Å²) in [6.45, 7) is 15.4. The Balaban J connectivity index is 1.88. The lowest BCUT2D eigenvalue weighted by molar-refractivity contribution is -0.132. The predicted molar refractivity (Wildman–Crippen MR) is 169 cm³/mol. The van der Waals surface area contributed by atoms with Gasteiger partial charge in [-0.3, -0.25) is 14.5 Å². The van der Waals surface area contributed by atoms with Crippen molar-refractivity contribution < 1.29 is 19.1 Å². The molecule has 9 heteroatoms. The highest BCUT2D eigenvalue weighted by Crippen LogP contribution is 2.27. The second kappa shape index (κ2) is 17.6. The van der Waals surface area contributed by atoms with Crippen molar-refractivity contribution in [3.8, 4) is 0 Å². The van der Waals surface area contributed by atoms with Crippen LogP contribution in [0, 0.1) is 5.92 Å². The lowest BCUT2D eigenvalue weighted by Crippen LogP contribution is -2.43. The van der Waals surface area contributed by atoms with Crippen LogP contribution in [0.15, 0.2) is 40.5 Å². The molecule has 2 aliphatic heterocycles. The number of likely N-dealkylation sites (N-methyl/N-ethyl adjacent to an activating group) is 1. The number of piperazine rings is 1. The fourth-order valence-corrected chi connectivity index (χ4v) is 6.15. The molecule has 0 spiro atoms. The number of methoxy groups -OCH3 is 1. The first-order chi connectivity index (χ1) is 20.3. The van der Waals surface area contributed by atoms with Gasteiger partial charge >= 0.3 is 0 Å². The number of ketones is 2. The molecular formula is C33H55N5O4. The van der Waals surface area contributed by atoms with E-state index in [2.05, 4.69) is 28.3 Å². The molecule has 3 aliphatic rings. The van der Waals surface area contributed by atoms with Gasteiger partial charge in [-0.1, -0.05) is 33.3 Å². The number of aliphatic imine (C=N–C) groups is 1. The summed E-state index contributed by atoms with van der Waals surface area (Å²) in [5.74, 6) is -0.181. The van der Waals surface area contributed by atoms with E-state index in [1.807, 2.05) is 19.9 Å². The number of carbonyl (C=O) groups is 2. The molecular weight excluding hydrogens is 530 g/mol. The van der Waals surface area contributed by atoms with Crippen molar-refractivity contribution in [2.75, 3.05) is 66.6 Å². The normalized spacial score (nSPS) is 23.7. The van der Waals surface area contributed by atoms with Crippen molar-refractivity contribution >= 4 is 17.3 Å². The number of hydrogen-bond acceptors (Lipinski definition) is 9. The standard InChI is InChI=1S/C33H55N5O4/c1-6-12-28(33(40)27-14-8-9-15-30(27)39)32(34)29(7-2)35-31(23-25(3)37-20-18-36(4)19-21-37)42-24-26-13-10-16-38(26)17-11-22-41-5/h23,26-27H,3,6-22,24,34H2,1-2,4-5H3/b31-23+,32-28?,35-29?. The van der Waals surface area contributed by atoms with Gasteiger partial charge in [-0.15, -0.1) is 0 Å². The Morgan fingerprint density at radius 2 is 1.88 bits per heavy atom. The minimum atomic E-state index is -0.577. The van der Waals surface area contributed by atoms with Crippen LogP contribution in [-0.2, 0) is 19.1 Å². The molecule has 2 atom stereocenters. The third-order valence-corrected chi connectivity index (χ3v) is 8.80. The maximum absolute atomic E-state index is 13.6. The summed E-state index contributed by atoms with van der Waals surface area (Å²) < 4.78 is 11.7. The van der Waals surface area contributed by atoms with Gasteiger partial charge in [0.25, 0.3) is 0 Å². The third kappa shape index (κ3) is 9.78. The van der Waals surface area contributed by atoms with E-state index in [0.717, 1.165) is 90.1 Å². The van der Waals surface area contributed by atoms with E-state index in [9.17, 15) is 9.59 Å². The fourth-order valence-electron chi connectivity index (χ4n) is 6.15. The number of allylic oxidation sites excluding steroid dienone is 3. The number of hydrogen-bond donors (Lipinski definition) is 1. The van der Waals surface area contributed by atoms with Crippen LogP contribution < -0.4 is 5.73 Å². The van der Waals surface area contributed by atoms with E-state index < -0.39 is 5.92 Å². The topological polar surface area (TPSA) is 101 Å². The van der Waals surface area contributed by atoms with Crippen LogP contribution in [0.1, 0.15) is 78.1 Å². The van der Waals surface area contributed by atoms with E-state index in [1.165, 1.54) is 0 Å². The summed E-state index contributed by atoms with van der Waals surface area (Å²) >= 11 is 0. The maximum atomic E-state index is 13.6. The van der Waals surface area contributed by atoms with Gasteiger partial charge in [-0.05, 0) is 58.5 Å². The van der Waals surface area contributed by atoms with Gasteiger partial charge in [0.2, 0.25) is 5.88 Å². The number of Topliss-reactive ketones (excluding diaryl/α,β-unsaturated/α-hetero) is 2. The summed E-state index contributed by atoms with van der Waals surface area (Å²) in [6, 6.07) is 0.310. The molecule has 2 saturated heterocycles. The zero-order valence-corrected chi connectivity index (χ0v) is 26.7. The van der Waals surface area contributed by atoms with Crippen LogP contribution in [0.5, 0.6) is 0 Å². The molecule has 0 bridgehead atoms. The summed E-state index contributed by atoms with van der Waals surface area (Å²) in [5, 5.41) is 0. The molecule has 2 N–H and O–H groups in total. The Kier molecular flexibility index (Phi) is 14.2. The molecule has 236 valence electrons. The molecule has 2 unspecified atom stereocenters. The SMILES string of the molecule is C=C(/C=C(\N=C(CC)C(N)=C(CCC)C(=O)C1CCCCC1=O)OCC1CCCN1CCCOC)N1CCN(C)CC1. The van der Waals surface area contributed by atoms with Crippen molar-refractivity contribution in [3.63, 3.8) is 0 Å². The van der Waals surface area contributed by atoms with Crippen LogP contribution in [-0.4, -0.2) is 105 Å². The Bertz CT molecular complexity index is 1010. The Labute approximate surface area is 253 Å². The Morgan fingerprint density at radius 3 is 2.55 bits per heavy atom. The summed E-state index contributed by atoms with van der Waals surface area (Å²) in [6.07, 6.45) is 9.82. The molecule has 2 heterocycles. The highest BCUT2D eigenvalue weighted by Gasteiger charge is 2.32. The molecule has 0 aromatic rings. The third-order valence-electron chi connectivity index (χ3n) is 8.80. The average molecular weight is 586 g/mol. The molecule has 0 amide bonds. The molecule has 3 rings (SSSR count). The van der Waals surface area contributed by atoms with Gasteiger partial charge in [-0.2, -0.15) is 0 Å². The minimum Gasteiger partial charge on any atom is -0.476 e. The van der Waals surface area contributed by atoms with E-state index in [0.29, 0.717) is 61.2 Å². The first kappa shape index (κ1) is 34.0. The zero-order chi connectivity index (χ0) is 30.5. The maximum Gasteiger partial charge on any atom is 0.215 e. The quantitative estimate of drug-likeness (QED) is 0.0715. The summed E-state index contributed by atoms with van der Waals surface area (Å²) in [7, 11) is 3.87. The van der Waals surface area contributed by atoms with Crippen LogP contribution in [0.4, 0.5) is 0 Å². The molecule has 0 radical (unpaired) electrons. The highest BCUT2D eigenvalue weighted by atomic mass is 16.5. The summed E-state index contributed by atoms with van der Waals surface area (Å²) in [5.41, 5.74) is 9.15. The lowest BCUT2D eigenvalue weighted by atomic mass is 9.81. The highest BCUT2D eigenvalue weighted by molar-refractivity contribution is 6.15. The van der Waals surface area contributed by atoms with Gasteiger partial charge in [-0.25, -0.2) is 4.99 Å². The fraction of sp³-hybridized carbons (Fsp3) is 0.727. The molecule has 1 saturated carbocycles. The van der Waals surface area contributed by atoms with Crippen molar-refractivity contribution in [2.45, 2.75) is 84.1 Å². The van der Waals surface area contributed by atoms with Crippen molar-refractivity contribution in [3.05, 3.63) is 35.5 Å². The van der Waals surface area contributed by atoms with Crippen LogP contribution in [0.25, 0.3) is 0 Å². The summed E-state index contributed by atoms with van der Waals surface area (Å²) in [4.78, 5) is 38.2. The van der Waals surface area contributed by atoms with Crippen LogP contribution >= 0.6 is 0 Å².